The van der Waals surface area contributed by atoms with E-state index >= 15 is 0 Å². The summed E-state index contributed by atoms with van der Waals surface area (Å²) in [7, 11) is 1.52. The van der Waals surface area contributed by atoms with Crippen LogP contribution in [0.25, 0.3) is 0 Å². The Kier molecular flexibility index (Phi) is 5.36. The number of aliphatic carboxylic acids is 1. The van der Waals surface area contributed by atoms with Gasteiger partial charge in [-0.15, -0.1) is 0 Å². The van der Waals surface area contributed by atoms with E-state index in [4.69, 9.17) is 9.84 Å². The van der Waals surface area contributed by atoms with E-state index in [0.717, 1.165) is 5.56 Å². The molecule has 5 nitrogen and oxygen atoms in total. The molecule has 0 aliphatic rings. The van der Waals surface area contributed by atoms with Gasteiger partial charge in [0.05, 0.1) is 19.2 Å². The van der Waals surface area contributed by atoms with Gasteiger partial charge in [-0.2, -0.15) is 0 Å². The first-order valence-corrected chi connectivity index (χ1v) is 6.15. The molecular formula is C14H19NO4. The van der Waals surface area contributed by atoms with Crippen molar-refractivity contribution < 1.29 is 19.4 Å². The van der Waals surface area contributed by atoms with Gasteiger partial charge in [0.1, 0.15) is 5.75 Å². The van der Waals surface area contributed by atoms with Crippen LogP contribution in [0.3, 0.4) is 0 Å². The van der Waals surface area contributed by atoms with Crippen molar-refractivity contribution in [2.75, 3.05) is 12.4 Å². The number of hydrogen-bond donors (Lipinski definition) is 2. The van der Waals surface area contributed by atoms with Crippen molar-refractivity contribution >= 4 is 17.6 Å². The van der Waals surface area contributed by atoms with Crippen molar-refractivity contribution in [2.45, 2.75) is 26.7 Å². The zero-order valence-electron chi connectivity index (χ0n) is 11.4. The summed E-state index contributed by atoms with van der Waals surface area (Å²) in [4.78, 5) is 22.7. The second kappa shape index (κ2) is 6.78. The molecule has 1 aromatic carbocycles. The number of aryl methyl sites for hydroxylation is 1. The largest absolute Gasteiger partial charge is 0.495 e. The topological polar surface area (TPSA) is 75.6 Å². The molecule has 0 bridgehead atoms. The Hall–Kier alpha value is -2.04. The number of carboxylic acid groups (broad SMARTS) is 1. The van der Waals surface area contributed by atoms with Crippen molar-refractivity contribution in [3.8, 4) is 5.75 Å². The van der Waals surface area contributed by atoms with E-state index in [0.29, 0.717) is 17.9 Å². The summed E-state index contributed by atoms with van der Waals surface area (Å²) < 4.78 is 5.16. The van der Waals surface area contributed by atoms with Crippen molar-refractivity contribution in [3.63, 3.8) is 0 Å². The number of amides is 1. The molecule has 0 aliphatic carbocycles. The molecule has 1 atom stereocenters. The van der Waals surface area contributed by atoms with Crippen LogP contribution < -0.4 is 10.1 Å². The Bertz CT molecular complexity index is 471. The molecule has 0 saturated carbocycles. The Morgan fingerprint density at radius 2 is 2.11 bits per heavy atom. The summed E-state index contributed by atoms with van der Waals surface area (Å²) in [5, 5.41) is 11.5. The maximum absolute atomic E-state index is 12.0. The van der Waals surface area contributed by atoms with E-state index in [-0.39, 0.29) is 12.3 Å². The maximum Gasteiger partial charge on any atom is 0.304 e. The second-order valence-corrected chi connectivity index (χ2v) is 4.40. The fraction of sp³-hybridized carbons (Fsp3) is 0.429. The highest BCUT2D eigenvalue weighted by atomic mass is 16.5. The van der Waals surface area contributed by atoms with Crippen LogP contribution in [0.2, 0.25) is 0 Å². The summed E-state index contributed by atoms with van der Waals surface area (Å²) in [6.45, 7) is 3.70. The Balaban J connectivity index is 2.85. The minimum atomic E-state index is -0.974. The van der Waals surface area contributed by atoms with Crippen molar-refractivity contribution in [1.29, 1.82) is 0 Å². The normalized spacial score (nSPS) is 11.7. The number of anilines is 1. The average Bonchev–Trinajstić information content (AvgIpc) is 2.35. The summed E-state index contributed by atoms with van der Waals surface area (Å²) in [6.07, 6.45) is 0.308. The van der Waals surface area contributed by atoms with Gasteiger partial charge in [-0.3, -0.25) is 9.59 Å². The third kappa shape index (κ3) is 4.28. The zero-order valence-corrected chi connectivity index (χ0v) is 11.4. The zero-order chi connectivity index (χ0) is 14.4. The highest BCUT2D eigenvalue weighted by molar-refractivity contribution is 5.95. The van der Waals surface area contributed by atoms with Crippen LogP contribution >= 0.6 is 0 Å². The summed E-state index contributed by atoms with van der Waals surface area (Å²) in [6, 6.07) is 5.44. The lowest BCUT2D eigenvalue weighted by molar-refractivity contribution is -0.140. The Labute approximate surface area is 112 Å². The summed E-state index contributed by atoms with van der Waals surface area (Å²) >= 11 is 0. The number of ether oxygens (including phenoxy) is 1. The lowest BCUT2D eigenvalue weighted by Gasteiger charge is -2.15. The maximum atomic E-state index is 12.0. The number of benzene rings is 1. The third-order valence-corrected chi connectivity index (χ3v) is 2.90. The molecule has 0 saturated heterocycles. The predicted octanol–water partition coefficient (Wildman–Crippen LogP) is 2.44. The van der Waals surface area contributed by atoms with Crippen molar-refractivity contribution in [3.05, 3.63) is 23.8 Å². The van der Waals surface area contributed by atoms with Gasteiger partial charge < -0.3 is 15.2 Å². The molecule has 0 aromatic heterocycles. The smallest absolute Gasteiger partial charge is 0.304 e. The van der Waals surface area contributed by atoms with Gasteiger partial charge in [-0.05, 0) is 31.0 Å². The van der Waals surface area contributed by atoms with Crippen LogP contribution in [0.4, 0.5) is 5.69 Å². The Morgan fingerprint density at radius 3 is 2.63 bits per heavy atom. The first-order valence-electron chi connectivity index (χ1n) is 6.15. The molecule has 0 spiro atoms. The van der Waals surface area contributed by atoms with Gasteiger partial charge in [0.15, 0.2) is 0 Å². The first-order chi connectivity index (χ1) is 8.97. The van der Waals surface area contributed by atoms with Crippen LogP contribution in [-0.2, 0) is 9.59 Å². The molecule has 104 valence electrons. The third-order valence-electron chi connectivity index (χ3n) is 2.90. The van der Waals surface area contributed by atoms with Gasteiger partial charge >= 0.3 is 5.97 Å². The highest BCUT2D eigenvalue weighted by Gasteiger charge is 2.20. The quantitative estimate of drug-likeness (QED) is 0.828. The van der Waals surface area contributed by atoms with Crippen LogP contribution in [0.1, 0.15) is 25.3 Å². The number of carbonyl (C=O) groups is 2. The van der Waals surface area contributed by atoms with Gasteiger partial charge in [-0.1, -0.05) is 13.0 Å². The van der Waals surface area contributed by atoms with Gasteiger partial charge in [0.2, 0.25) is 5.91 Å². The van der Waals surface area contributed by atoms with Crippen LogP contribution in [-0.4, -0.2) is 24.1 Å². The number of methoxy groups -OCH3 is 1. The van der Waals surface area contributed by atoms with Gasteiger partial charge in [0.25, 0.3) is 0 Å². The number of carboxylic acids is 1. The molecule has 0 radical (unpaired) electrons. The molecule has 5 heteroatoms. The van der Waals surface area contributed by atoms with Gasteiger partial charge in [0, 0.05) is 5.92 Å². The standard InChI is InChI=1S/C14H19NO4/c1-4-10(8-13(16)17)14(18)15-11-7-9(2)5-6-12(11)19-3/h5-7,10H,4,8H2,1-3H3,(H,15,18)(H,16,17). The van der Waals surface area contributed by atoms with E-state index in [1.807, 2.05) is 13.0 Å². The molecule has 1 amide bonds. The fourth-order valence-corrected chi connectivity index (χ4v) is 1.79. The van der Waals surface area contributed by atoms with E-state index < -0.39 is 11.9 Å². The van der Waals surface area contributed by atoms with Crippen LogP contribution in [0, 0.1) is 12.8 Å². The van der Waals surface area contributed by atoms with E-state index in [9.17, 15) is 9.59 Å². The number of rotatable bonds is 6. The predicted molar refractivity (Wildman–Crippen MR) is 72.4 cm³/mol. The molecule has 1 aromatic rings. The van der Waals surface area contributed by atoms with Crippen LogP contribution in [0.15, 0.2) is 18.2 Å². The average molecular weight is 265 g/mol. The lowest BCUT2D eigenvalue weighted by atomic mass is 10.0. The minimum Gasteiger partial charge on any atom is -0.495 e. The molecule has 0 fully saturated rings. The molecule has 0 aliphatic heterocycles. The summed E-state index contributed by atoms with van der Waals surface area (Å²) in [5.74, 6) is -1.25. The number of nitrogens with one attached hydrogen (secondary N) is 1. The number of carbonyl (C=O) groups excluding carboxylic acids is 1. The molecule has 0 heterocycles. The fourth-order valence-electron chi connectivity index (χ4n) is 1.79. The lowest BCUT2D eigenvalue weighted by Crippen LogP contribution is -2.24. The first kappa shape index (κ1) is 15.0. The molecule has 1 unspecified atom stereocenters. The second-order valence-electron chi connectivity index (χ2n) is 4.40. The van der Waals surface area contributed by atoms with E-state index in [1.165, 1.54) is 7.11 Å². The van der Waals surface area contributed by atoms with E-state index in [2.05, 4.69) is 5.32 Å². The monoisotopic (exact) mass is 265 g/mol. The van der Waals surface area contributed by atoms with Crippen molar-refractivity contribution in [1.82, 2.24) is 0 Å². The number of hydrogen-bond acceptors (Lipinski definition) is 3. The van der Waals surface area contributed by atoms with Crippen LogP contribution in [0.5, 0.6) is 5.75 Å². The summed E-state index contributed by atoms with van der Waals surface area (Å²) in [5.41, 5.74) is 1.55. The molecule has 1 rings (SSSR count). The molecule has 2 N–H and O–H groups in total. The van der Waals surface area contributed by atoms with E-state index in [1.54, 1.807) is 19.1 Å². The molecular weight excluding hydrogens is 246 g/mol. The Morgan fingerprint density at radius 1 is 1.42 bits per heavy atom. The van der Waals surface area contributed by atoms with Crippen molar-refractivity contribution in [2.24, 2.45) is 5.92 Å². The van der Waals surface area contributed by atoms with Gasteiger partial charge in [-0.25, -0.2) is 0 Å². The minimum absolute atomic E-state index is 0.170. The molecule has 19 heavy (non-hydrogen) atoms. The SMILES string of the molecule is CCC(CC(=O)O)C(=O)Nc1cc(C)ccc1OC. The highest BCUT2D eigenvalue weighted by Crippen LogP contribution is 2.26.